The molecule has 0 aliphatic carbocycles. The SMILES string of the molecule is C[C@H](N)C(=O)Nc1ccc(Oc2ccccc2)cc1. The van der Waals surface area contributed by atoms with Crippen molar-refractivity contribution < 1.29 is 9.53 Å². The number of nitrogens with one attached hydrogen (secondary N) is 1. The minimum Gasteiger partial charge on any atom is -0.457 e. The Morgan fingerprint density at radius 3 is 2.21 bits per heavy atom. The zero-order valence-corrected chi connectivity index (χ0v) is 10.7. The lowest BCUT2D eigenvalue weighted by atomic mass is 10.2. The molecule has 0 fully saturated rings. The van der Waals surface area contributed by atoms with Crippen molar-refractivity contribution in [1.82, 2.24) is 0 Å². The number of hydrogen-bond donors (Lipinski definition) is 2. The number of carbonyl (C=O) groups is 1. The number of carbonyl (C=O) groups excluding carboxylic acids is 1. The van der Waals surface area contributed by atoms with Crippen LogP contribution in [0.5, 0.6) is 11.5 Å². The van der Waals surface area contributed by atoms with Crippen LogP contribution in [0.1, 0.15) is 6.92 Å². The van der Waals surface area contributed by atoms with Crippen LogP contribution in [-0.4, -0.2) is 11.9 Å². The Kier molecular flexibility index (Phi) is 4.15. The van der Waals surface area contributed by atoms with E-state index in [4.69, 9.17) is 10.5 Å². The summed E-state index contributed by atoms with van der Waals surface area (Å²) >= 11 is 0. The summed E-state index contributed by atoms with van der Waals surface area (Å²) in [6, 6.07) is 16.1. The molecule has 2 aromatic rings. The summed E-state index contributed by atoms with van der Waals surface area (Å²) in [6.45, 7) is 1.64. The fraction of sp³-hybridized carbons (Fsp3) is 0.133. The quantitative estimate of drug-likeness (QED) is 0.884. The molecule has 0 saturated heterocycles. The highest BCUT2D eigenvalue weighted by molar-refractivity contribution is 5.94. The van der Waals surface area contributed by atoms with Crippen LogP contribution >= 0.6 is 0 Å². The van der Waals surface area contributed by atoms with E-state index in [1.54, 1.807) is 31.2 Å². The molecule has 3 N–H and O–H groups in total. The van der Waals surface area contributed by atoms with Gasteiger partial charge in [-0.05, 0) is 43.3 Å². The van der Waals surface area contributed by atoms with E-state index in [0.29, 0.717) is 11.4 Å². The number of benzene rings is 2. The molecule has 19 heavy (non-hydrogen) atoms. The topological polar surface area (TPSA) is 64.4 Å². The summed E-state index contributed by atoms with van der Waals surface area (Å²) < 4.78 is 5.65. The van der Waals surface area contributed by atoms with Crippen LogP contribution < -0.4 is 15.8 Å². The molecule has 0 aliphatic heterocycles. The maximum atomic E-state index is 11.4. The molecule has 0 aromatic heterocycles. The normalized spacial score (nSPS) is 11.7. The van der Waals surface area contributed by atoms with Gasteiger partial charge in [-0.2, -0.15) is 0 Å². The molecule has 4 heteroatoms. The van der Waals surface area contributed by atoms with Gasteiger partial charge in [0.15, 0.2) is 0 Å². The first-order chi connectivity index (χ1) is 9.15. The highest BCUT2D eigenvalue weighted by Gasteiger charge is 2.07. The van der Waals surface area contributed by atoms with Gasteiger partial charge in [0.1, 0.15) is 11.5 Å². The minimum atomic E-state index is -0.528. The van der Waals surface area contributed by atoms with Crippen LogP contribution in [0.2, 0.25) is 0 Å². The van der Waals surface area contributed by atoms with E-state index in [2.05, 4.69) is 5.32 Å². The average Bonchev–Trinajstić information content (AvgIpc) is 2.42. The van der Waals surface area contributed by atoms with Gasteiger partial charge in [0.2, 0.25) is 5.91 Å². The number of para-hydroxylation sites is 1. The van der Waals surface area contributed by atoms with Gasteiger partial charge in [-0.15, -0.1) is 0 Å². The molecule has 2 rings (SSSR count). The van der Waals surface area contributed by atoms with Gasteiger partial charge in [0, 0.05) is 5.69 Å². The highest BCUT2D eigenvalue weighted by Crippen LogP contribution is 2.22. The maximum absolute atomic E-state index is 11.4. The lowest BCUT2D eigenvalue weighted by molar-refractivity contribution is -0.117. The molecule has 0 bridgehead atoms. The van der Waals surface area contributed by atoms with Crippen molar-refractivity contribution in [2.75, 3.05) is 5.32 Å². The monoisotopic (exact) mass is 256 g/mol. The third-order valence-electron chi connectivity index (χ3n) is 2.51. The number of amides is 1. The van der Waals surface area contributed by atoms with E-state index in [1.165, 1.54) is 0 Å². The average molecular weight is 256 g/mol. The predicted octanol–water partition coefficient (Wildman–Crippen LogP) is 2.76. The van der Waals surface area contributed by atoms with Crippen LogP contribution in [0.25, 0.3) is 0 Å². The van der Waals surface area contributed by atoms with Crippen molar-refractivity contribution >= 4 is 11.6 Å². The molecule has 0 heterocycles. The molecule has 0 aliphatic rings. The first kappa shape index (κ1) is 13.1. The second kappa shape index (κ2) is 6.02. The van der Waals surface area contributed by atoms with Gasteiger partial charge in [0.05, 0.1) is 6.04 Å². The minimum absolute atomic E-state index is 0.211. The van der Waals surface area contributed by atoms with E-state index >= 15 is 0 Å². The smallest absolute Gasteiger partial charge is 0.240 e. The number of hydrogen-bond acceptors (Lipinski definition) is 3. The van der Waals surface area contributed by atoms with Crippen LogP contribution in [-0.2, 0) is 4.79 Å². The van der Waals surface area contributed by atoms with Gasteiger partial charge in [-0.3, -0.25) is 4.79 Å². The Labute approximate surface area is 112 Å². The summed E-state index contributed by atoms with van der Waals surface area (Å²) in [5.74, 6) is 1.27. The third-order valence-corrected chi connectivity index (χ3v) is 2.51. The van der Waals surface area contributed by atoms with Crippen molar-refractivity contribution in [1.29, 1.82) is 0 Å². The zero-order valence-electron chi connectivity index (χ0n) is 10.7. The molecule has 2 aromatic carbocycles. The Bertz CT molecular complexity index is 536. The lowest BCUT2D eigenvalue weighted by Gasteiger charge is -2.09. The largest absolute Gasteiger partial charge is 0.457 e. The second-order valence-electron chi connectivity index (χ2n) is 4.22. The fourth-order valence-corrected chi connectivity index (χ4v) is 1.49. The Morgan fingerprint density at radius 2 is 1.63 bits per heavy atom. The fourth-order valence-electron chi connectivity index (χ4n) is 1.49. The van der Waals surface area contributed by atoms with Gasteiger partial charge in [-0.25, -0.2) is 0 Å². The van der Waals surface area contributed by atoms with E-state index in [9.17, 15) is 4.79 Å². The van der Waals surface area contributed by atoms with Gasteiger partial charge >= 0.3 is 0 Å². The Morgan fingerprint density at radius 1 is 1.05 bits per heavy atom. The summed E-state index contributed by atoms with van der Waals surface area (Å²) in [6.07, 6.45) is 0. The molecule has 4 nitrogen and oxygen atoms in total. The second-order valence-corrected chi connectivity index (χ2v) is 4.22. The molecule has 0 radical (unpaired) electrons. The number of nitrogens with two attached hydrogens (primary N) is 1. The summed E-state index contributed by atoms with van der Waals surface area (Å²) in [5.41, 5.74) is 6.18. The van der Waals surface area contributed by atoms with E-state index < -0.39 is 6.04 Å². The summed E-state index contributed by atoms with van der Waals surface area (Å²) in [5, 5.41) is 2.71. The van der Waals surface area contributed by atoms with Crippen molar-refractivity contribution in [2.45, 2.75) is 13.0 Å². The van der Waals surface area contributed by atoms with E-state index in [0.717, 1.165) is 5.75 Å². The highest BCUT2D eigenvalue weighted by atomic mass is 16.5. The first-order valence-electron chi connectivity index (χ1n) is 6.04. The first-order valence-corrected chi connectivity index (χ1v) is 6.04. The third kappa shape index (κ3) is 3.82. The van der Waals surface area contributed by atoms with Crippen molar-refractivity contribution in [3.05, 3.63) is 54.6 Å². The van der Waals surface area contributed by atoms with Crippen LogP contribution in [0.15, 0.2) is 54.6 Å². The Hall–Kier alpha value is -2.33. The van der Waals surface area contributed by atoms with E-state index in [-0.39, 0.29) is 5.91 Å². The zero-order chi connectivity index (χ0) is 13.7. The molecule has 1 amide bonds. The summed E-state index contributed by atoms with van der Waals surface area (Å²) in [7, 11) is 0. The van der Waals surface area contributed by atoms with Crippen LogP contribution in [0.4, 0.5) is 5.69 Å². The predicted molar refractivity (Wildman–Crippen MR) is 75.2 cm³/mol. The van der Waals surface area contributed by atoms with Crippen LogP contribution in [0.3, 0.4) is 0 Å². The van der Waals surface area contributed by atoms with Crippen molar-refractivity contribution in [3.63, 3.8) is 0 Å². The number of anilines is 1. The van der Waals surface area contributed by atoms with Gasteiger partial charge < -0.3 is 15.8 Å². The number of ether oxygens (including phenoxy) is 1. The lowest BCUT2D eigenvalue weighted by Crippen LogP contribution is -2.32. The van der Waals surface area contributed by atoms with Crippen LogP contribution in [0, 0.1) is 0 Å². The molecule has 98 valence electrons. The molecule has 1 atom stereocenters. The van der Waals surface area contributed by atoms with Crippen molar-refractivity contribution in [3.8, 4) is 11.5 Å². The van der Waals surface area contributed by atoms with Crippen molar-refractivity contribution in [2.24, 2.45) is 5.73 Å². The maximum Gasteiger partial charge on any atom is 0.240 e. The summed E-state index contributed by atoms with van der Waals surface area (Å²) in [4.78, 5) is 11.4. The van der Waals surface area contributed by atoms with Gasteiger partial charge in [0.25, 0.3) is 0 Å². The number of rotatable bonds is 4. The Balaban J connectivity index is 2.01. The molecule has 0 saturated carbocycles. The van der Waals surface area contributed by atoms with E-state index in [1.807, 2.05) is 30.3 Å². The molecular weight excluding hydrogens is 240 g/mol. The standard InChI is InChI=1S/C15H16N2O2/c1-11(16)15(18)17-12-7-9-14(10-8-12)19-13-5-3-2-4-6-13/h2-11H,16H2,1H3,(H,17,18)/t11-/m0/s1. The molecular formula is C15H16N2O2. The molecule has 0 spiro atoms. The van der Waals surface area contributed by atoms with Gasteiger partial charge in [-0.1, -0.05) is 18.2 Å². The molecule has 0 unspecified atom stereocenters.